The summed E-state index contributed by atoms with van der Waals surface area (Å²) < 4.78 is 0. The Bertz CT molecular complexity index is 553. The number of rotatable bonds is 5. The first kappa shape index (κ1) is 14.2. The largest absolute Gasteiger partial charge is 0.360 e. The van der Waals surface area contributed by atoms with Crippen LogP contribution in [0.4, 0.5) is 9.93 Å². The third-order valence-corrected chi connectivity index (χ3v) is 4.86. The third kappa shape index (κ3) is 2.59. The van der Waals surface area contributed by atoms with E-state index in [0.717, 1.165) is 43.8 Å². The molecule has 0 radical (unpaired) electrons. The quantitative estimate of drug-likeness (QED) is 0.809. The Hall–Kier alpha value is -1.70. The molecule has 1 saturated heterocycles. The molecule has 3 rings (SSSR count). The molecule has 7 nitrogen and oxygen atoms in total. The Labute approximate surface area is 127 Å². The van der Waals surface area contributed by atoms with Crippen LogP contribution in [0.2, 0.25) is 0 Å². The van der Waals surface area contributed by atoms with Gasteiger partial charge in [0.15, 0.2) is 0 Å². The van der Waals surface area contributed by atoms with Crippen molar-refractivity contribution < 1.29 is 9.59 Å². The fourth-order valence-corrected chi connectivity index (χ4v) is 3.65. The number of carbonyl (C=O) groups excluding carboxylic acids is 2. The molecule has 1 aliphatic carbocycles. The van der Waals surface area contributed by atoms with Crippen molar-refractivity contribution in [2.45, 2.75) is 51.1 Å². The smallest absolute Gasteiger partial charge is 0.325 e. The molecule has 0 bridgehead atoms. The van der Waals surface area contributed by atoms with E-state index in [0.29, 0.717) is 5.01 Å². The molecule has 0 unspecified atom stereocenters. The molecular weight excluding hydrogens is 290 g/mol. The van der Waals surface area contributed by atoms with Gasteiger partial charge in [0, 0.05) is 6.54 Å². The number of urea groups is 1. The van der Waals surface area contributed by atoms with E-state index in [1.807, 2.05) is 0 Å². The van der Waals surface area contributed by atoms with Crippen molar-refractivity contribution in [3.05, 3.63) is 5.01 Å². The number of anilines is 1. The van der Waals surface area contributed by atoms with Gasteiger partial charge in [0.05, 0.1) is 6.54 Å². The van der Waals surface area contributed by atoms with Crippen LogP contribution in [-0.4, -0.2) is 39.1 Å². The second kappa shape index (κ2) is 5.59. The lowest BCUT2D eigenvalue weighted by molar-refractivity contribution is -0.131. The fraction of sp³-hybridized carbons (Fsp3) is 0.692. The molecule has 1 aromatic rings. The van der Waals surface area contributed by atoms with Gasteiger partial charge >= 0.3 is 6.03 Å². The van der Waals surface area contributed by atoms with Crippen LogP contribution in [0.25, 0.3) is 0 Å². The van der Waals surface area contributed by atoms with Gasteiger partial charge in [-0.25, -0.2) is 4.79 Å². The van der Waals surface area contributed by atoms with E-state index >= 15 is 0 Å². The number of hydrogen-bond acceptors (Lipinski definition) is 6. The highest BCUT2D eigenvalue weighted by Crippen LogP contribution is 2.35. The summed E-state index contributed by atoms with van der Waals surface area (Å²) in [5.41, 5.74) is -0.648. The van der Waals surface area contributed by atoms with Crippen LogP contribution in [0.15, 0.2) is 0 Å². The number of aromatic nitrogens is 2. The molecule has 2 N–H and O–H groups in total. The topological polar surface area (TPSA) is 87.2 Å². The predicted molar refractivity (Wildman–Crippen MR) is 79.0 cm³/mol. The first-order chi connectivity index (χ1) is 10.1. The van der Waals surface area contributed by atoms with Crippen molar-refractivity contribution in [3.63, 3.8) is 0 Å². The minimum atomic E-state index is -0.648. The Morgan fingerprint density at radius 1 is 1.33 bits per heavy atom. The summed E-state index contributed by atoms with van der Waals surface area (Å²) in [5, 5.41) is 15.5. The number of carbonyl (C=O) groups is 2. The molecule has 21 heavy (non-hydrogen) atoms. The van der Waals surface area contributed by atoms with Crippen molar-refractivity contribution in [2.24, 2.45) is 0 Å². The van der Waals surface area contributed by atoms with Crippen molar-refractivity contribution in [3.8, 4) is 0 Å². The molecule has 1 saturated carbocycles. The van der Waals surface area contributed by atoms with Gasteiger partial charge in [0.25, 0.3) is 5.91 Å². The highest BCUT2D eigenvalue weighted by Gasteiger charge is 2.52. The number of imide groups is 1. The molecule has 2 aliphatic rings. The van der Waals surface area contributed by atoms with Gasteiger partial charge in [-0.1, -0.05) is 31.1 Å². The lowest BCUT2D eigenvalue weighted by atomic mass is 9.98. The van der Waals surface area contributed by atoms with Crippen LogP contribution in [0.1, 0.15) is 44.0 Å². The monoisotopic (exact) mass is 309 g/mol. The Morgan fingerprint density at radius 2 is 2.10 bits per heavy atom. The molecule has 2 heterocycles. The summed E-state index contributed by atoms with van der Waals surface area (Å²) in [6.45, 7) is 3.11. The minimum absolute atomic E-state index is 0.108. The van der Waals surface area contributed by atoms with Crippen molar-refractivity contribution in [1.82, 2.24) is 20.4 Å². The van der Waals surface area contributed by atoms with E-state index in [2.05, 4.69) is 27.8 Å². The number of nitrogens with zero attached hydrogens (tertiary/aromatic N) is 3. The second-order valence-corrected chi connectivity index (χ2v) is 6.60. The number of amides is 3. The summed E-state index contributed by atoms with van der Waals surface area (Å²) >= 11 is 1.39. The average molecular weight is 309 g/mol. The maximum Gasteiger partial charge on any atom is 0.325 e. The van der Waals surface area contributed by atoms with E-state index in [4.69, 9.17) is 0 Å². The first-order valence-corrected chi connectivity index (χ1v) is 8.16. The minimum Gasteiger partial charge on any atom is -0.360 e. The van der Waals surface area contributed by atoms with Gasteiger partial charge in [-0.2, -0.15) is 0 Å². The molecule has 0 atom stereocenters. The van der Waals surface area contributed by atoms with Crippen LogP contribution in [-0.2, 0) is 11.3 Å². The maximum atomic E-state index is 12.5. The first-order valence-electron chi connectivity index (χ1n) is 7.35. The zero-order chi connectivity index (χ0) is 14.9. The Balaban J connectivity index is 1.68. The van der Waals surface area contributed by atoms with Gasteiger partial charge in [-0.3, -0.25) is 9.69 Å². The second-order valence-electron chi connectivity index (χ2n) is 5.54. The highest BCUT2D eigenvalue weighted by atomic mass is 32.1. The summed E-state index contributed by atoms with van der Waals surface area (Å²) in [7, 11) is 0. The highest BCUT2D eigenvalue weighted by molar-refractivity contribution is 7.15. The Kier molecular flexibility index (Phi) is 3.79. The number of hydrogen-bond donors (Lipinski definition) is 2. The van der Waals surface area contributed by atoms with Crippen molar-refractivity contribution >= 4 is 28.4 Å². The van der Waals surface area contributed by atoms with Crippen molar-refractivity contribution in [1.29, 1.82) is 0 Å². The summed E-state index contributed by atoms with van der Waals surface area (Å²) in [6.07, 6.45) is 4.47. The molecule has 3 amide bonds. The predicted octanol–water partition coefficient (Wildman–Crippen LogP) is 1.72. The van der Waals surface area contributed by atoms with Crippen LogP contribution in [0, 0.1) is 0 Å². The fourth-order valence-electron chi connectivity index (χ4n) is 2.89. The van der Waals surface area contributed by atoms with Crippen molar-refractivity contribution in [2.75, 3.05) is 11.9 Å². The lowest BCUT2D eigenvalue weighted by Crippen LogP contribution is -2.44. The van der Waals surface area contributed by atoms with E-state index in [1.54, 1.807) is 0 Å². The maximum absolute atomic E-state index is 12.5. The van der Waals surface area contributed by atoms with E-state index < -0.39 is 5.54 Å². The molecular formula is C13H19N5O2S. The van der Waals surface area contributed by atoms with Gasteiger partial charge in [-0.05, 0) is 19.3 Å². The number of nitrogens with one attached hydrogen (secondary N) is 2. The van der Waals surface area contributed by atoms with E-state index in [1.165, 1.54) is 16.2 Å². The third-order valence-electron chi connectivity index (χ3n) is 3.99. The van der Waals surface area contributed by atoms with Gasteiger partial charge in [0.2, 0.25) is 5.13 Å². The molecule has 8 heteroatoms. The van der Waals surface area contributed by atoms with Crippen LogP contribution >= 0.6 is 11.3 Å². The van der Waals surface area contributed by atoms with Crippen LogP contribution in [0.3, 0.4) is 0 Å². The molecule has 1 spiro atoms. The summed E-state index contributed by atoms with van der Waals surface area (Å²) in [6, 6.07) is -0.305. The van der Waals surface area contributed by atoms with E-state index in [9.17, 15) is 9.59 Å². The van der Waals surface area contributed by atoms with Crippen LogP contribution < -0.4 is 10.6 Å². The average Bonchev–Trinajstić information content (AvgIpc) is 3.15. The lowest BCUT2D eigenvalue weighted by Gasteiger charge is -2.19. The summed E-state index contributed by atoms with van der Waals surface area (Å²) in [4.78, 5) is 25.8. The molecule has 2 fully saturated rings. The SMILES string of the molecule is CCCNc1nnc(CN2C(=O)NC3(CCCC3)C2=O)s1. The van der Waals surface area contributed by atoms with Gasteiger partial charge in [0.1, 0.15) is 10.5 Å². The molecule has 1 aromatic heterocycles. The summed E-state index contributed by atoms with van der Waals surface area (Å²) in [5.74, 6) is -0.108. The molecule has 0 aromatic carbocycles. The molecule has 114 valence electrons. The molecule has 1 aliphatic heterocycles. The van der Waals surface area contributed by atoms with Gasteiger partial charge in [-0.15, -0.1) is 10.2 Å². The van der Waals surface area contributed by atoms with Crippen LogP contribution in [0.5, 0.6) is 0 Å². The van der Waals surface area contributed by atoms with Gasteiger partial charge < -0.3 is 10.6 Å². The Morgan fingerprint density at radius 3 is 2.81 bits per heavy atom. The van der Waals surface area contributed by atoms with E-state index in [-0.39, 0.29) is 18.5 Å². The zero-order valence-electron chi connectivity index (χ0n) is 12.0. The standard InChI is InChI=1S/C13H19N5O2S/c1-2-7-14-11-17-16-9(21-11)8-18-10(19)13(15-12(18)20)5-3-4-6-13/h2-8H2,1H3,(H,14,17)(H,15,20). The zero-order valence-corrected chi connectivity index (χ0v) is 12.8. The normalized spacial score (nSPS) is 20.3.